The van der Waals surface area contributed by atoms with E-state index in [1.807, 2.05) is 18.2 Å². The van der Waals surface area contributed by atoms with Crippen molar-refractivity contribution < 1.29 is 9.84 Å². The molecule has 1 aliphatic rings. The molecule has 0 unspecified atom stereocenters. The highest BCUT2D eigenvalue weighted by atomic mass is 16.5. The highest BCUT2D eigenvalue weighted by Crippen LogP contribution is 2.27. The number of nitrogen functional groups attached to an aromatic ring is 1. The SMILES string of the molecule is COc1cc(O)ccc1CN1CCc2nc(-c3ccc(N)cc3)[nH]c(=O)c2C1. The Morgan fingerprint density at radius 2 is 2.04 bits per heavy atom. The van der Waals surface area contributed by atoms with E-state index in [2.05, 4.69) is 14.9 Å². The van der Waals surface area contributed by atoms with Gasteiger partial charge in [0.1, 0.15) is 17.3 Å². The van der Waals surface area contributed by atoms with Crippen molar-refractivity contribution in [2.24, 2.45) is 0 Å². The number of phenolic OH excluding ortho intramolecular Hbond substituents is 1. The lowest BCUT2D eigenvalue weighted by molar-refractivity contribution is 0.238. The monoisotopic (exact) mass is 378 g/mol. The van der Waals surface area contributed by atoms with Gasteiger partial charge in [-0.15, -0.1) is 0 Å². The number of hydrogen-bond donors (Lipinski definition) is 3. The maximum Gasteiger partial charge on any atom is 0.255 e. The van der Waals surface area contributed by atoms with Crippen LogP contribution in [0.2, 0.25) is 0 Å². The zero-order chi connectivity index (χ0) is 19.7. The molecule has 0 aliphatic carbocycles. The predicted molar refractivity (Wildman–Crippen MR) is 107 cm³/mol. The Balaban J connectivity index is 1.58. The van der Waals surface area contributed by atoms with E-state index in [1.54, 1.807) is 31.4 Å². The first kappa shape index (κ1) is 18.1. The van der Waals surface area contributed by atoms with Crippen molar-refractivity contribution >= 4 is 5.69 Å². The molecule has 144 valence electrons. The number of nitrogens with zero attached hydrogens (tertiary/aromatic N) is 2. The third-order valence-corrected chi connectivity index (χ3v) is 5.00. The molecular weight excluding hydrogens is 356 g/mol. The van der Waals surface area contributed by atoms with Crippen molar-refractivity contribution in [3.63, 3.8) is 0 Å². The van der Waals surface area contributed by atoms with Crippen LogP contribution in [-0.4, -0.2) is 33.6 Å². The van der Waals surface area contributed by atoms with Crippen LogP contribution in [0.3, 0.4) is 0 Å². The van der Waals surface area contributed by atoms with Gasteiger partial charge < -0.3 is 20.6 Å². The number of H-pyrrole nitrogens is 1. The Bertz CT molecular complexity index is 1060. The largest absolute Gasteiger partial charge is 0.508 e. The molecule has 28 heavy (non-hydrogen) atoms. The van der Waals surface area contributed by atoms with E-state index >= 15 is 0 Å². The zero-order valence-corrected chi connectivity index (χ0v) is 15.6. The fourth-order valence-electron chi connectivity index (χ4n) is 3.50. The van der Waals surface area contributed by atoms with Gasteiger partial charge in [-0.3, -0.25) is 9.69 Å². The molecule has 3 aromatic rings. The Morgan fingerprint density at radius 3 is 2.79 bits per heavy atom. The number of anilines is 1. The Morgan fingerprint density at radius 1 is 1.25 bits per heavy atom. The number of aromatic nitrogens is 2. The average molecular weight is 378 g/mol. The minimum absolute atomic E-state index is 0.112. The summed E-state index contributed by atoms with van der Waals surface area (Å²) in [5, 5.41) is 9.62. The van der Waals surface area contributed by atoms with Crippen molar-refractivity contribution in [2.45, 2.75) is 19.5 Å². The molecule has 0 saturated carbocycles. The number of rotatable bonds is 4. The molecule has 4 N–H and O–H groups in total. The lowest BCUT2D eigenvalue weighted by Gasteiger charge is -2.28. The quantitative estimate of drug-likeness (QED) is 0.602. The molecule has 0 saturated heterocycles. The van der Waals surface area contributed by atoms with Crippen LogP contribution in [0.5, 0.6) is 11.5 Å². The van der Waals surface area contributed by atoms with E-state index in [4.69, 9.17) is 10.5 Å². The topological polar surface area (TPSA) is 104 Å². The summed E-state index contributed by atoms with van der Waals surface area (Å²) in [5.74, 6) is 1.37. The van der Waals surface area contributed by atoms with Gasteiger partial charge in [-0.05, 0) is 30.3 Å². The first-order valence-corrected chi connectivity index (χ1v) is 9.09. The molecule has 1 aliphatic heterocycles. The van der Waals surface area contributed by atoms with E-state index in [1.165, 1.54) is 0 Å². The van der Waals surface area contributed by atoms with Crippen molar-refractivity contribution in [1.29, 1.82) is 0 Å². The summed E-state index contributed by atoms with van der Waals surface area (Å²) >= 11 is 0. The minimum Gasteiger partial charge on any atom is -0.508 e. The smallest absolute Gasteiger partial charge is 0.255 e. The summed E-state index contributed by atoms with van der Waals surface area (Å²) in [5.41, 5.74) is 9.63. The molecule has 2 aromatic carbocycles. The van der Waals surface area contributed by atoms with Gasteiger partial charge in [-0.25, -0.2) is 4.98 Å². The third-order valence-electron chi connectivity index (χ3n) is 5.00. The highest BCUT2D eigenvalue weighted by Gasteiger charge is 2.22. The number of fused-ring (bicyclic) bond motifs is 1. The van der Waals surface area contributed by atoms with Crippen LogP contribution in [0.1, 0.15) is 16.8 Å². The normalized spacial score (nSPS) is 13.9. The van der Waals surface area contributed by atoms with Crippen molar-refractivity contribution in [3.8, 4) is 22.9 Å². The third kappa shape index (κ3) is 3.57. The van der Waals surface area contributed by atoms with Crippen LogP contribution in [-0.2, 0) is 19.5 Å². The molecule has 0 amide bonds. The molecule has 1 aromatic heterocycles. The maximum atomic E-state index is 12.7. The van der Waals surface area contributed by atoms with E-state index in [0.717, 1.165) is 23.4 Å². The van der Waals surface area contributed by atoms with E-state index in [0.29, 0.717) is 42.3 Å². The summed E-state index contributed by atoms with van der Waals surface area (Å²) in [4.78, 5) is 22.4. The number of benzene rings is 2. The highest BCUT2D eigenvalue weighted by molar-refractivity contribution is 5.58. The molecule has 2 heterocycles. The molecule has 0 fully saturated rings. The fourth-order valence-corrected chi connectivity index (χ4v) is 3.50. The van der Waals surface area contributed by atoms with E-state index in [-0.39, 0.29) is 11.3 Å². The van der Waals surface area contributed by atoms with Crippen molar-refractivity contribution in [2.75, 3.05) is 19.4 Å². The molecule has 0 bridgehead atoms. The van der Waals surface area contributed by atoms with Crippen molar-refractivity contribution in [3.05, 3.63) is 69.6 Å². The molecule has 0 spiro atoms. The molecule has 7 nitrogen and oxygen atoms in total. The van der Waals surface area contributed by atoms with Gasteiger partial charge in [0.25, 0.3) is 5.56 Å². The number of aromatic hydroxyl groups is 1. The van der Waals surface area contributed by atoms with Gasteiger partial charge in [0, 0.05) is 48.9 Å². The summed E-state index contributed by atoms with van der Waals surface area (Å²) in [7, 11) is 1.58. The second kappa shape index (κ2) is 7.36. The van der Waals surface area contributed by atoms with Crippen LogP contribution in [0.4, 0.5) is 5.69 Å². The van der Waals surface area contributed by atoms with Gasteiger partial charge in [-0.2, -0.15) is 0 Å². The second-order valence-corrected chi connectivity index (χ2v) is 6.92. The van der Waals surface area contributed by atoms with E-state index < -0.39 is 0 Å². The Hall–Kier alpha value is -3.32. The van der Waals surface area contributed by atoms with E-state index in [9.17, 15) is 9.90 Å². The Labute approximate surface area is 162 Å². The number of phenols is 1. The van der Waals surface area contributed by atoms with Crippen molar-refractivity contribution in [1.82, 2.24) is 14.9 Å². The molecule has 0 radical (unpaired) electrons. The van der Waals surface area contributed by atoms with Gasteiger partial charge in [0.15, 0.2) is 0 Å². The number of nitrogens with one attached hydrogen (secondary N) is 1. The average Bonchev–Trinajstić information content (AvgIpc) is 2.70. The van der Waals surface area contributed by atoms with Crippen LogP contribution in [0.15, 0.2) is 47.3 Å². The standard InChI is InChI=1S/C21H22N4O3/c1-28-19-10-16(26)7-4-14(19)11-25-9-8-18-17(12-25)21(27)24-20(23-18)13-2-5-15(22)6-3-13/h2-7,10,26H,8-9,11-12,22H2,1H3,(H,23,24,27). The lowest BCUT2D eigenvalue weighted by Crippen LogP contribution is -2.35. The molecular formula is C21H22N4O3. The maximum absolute atomic E-state index is 12.7. The van der Waals surface area contributed by atoms with Crippen LogP contribution < -0.4 is 16.0 Å². The molecule has 4 rings (SSSR count). The predicted octanol–water partition coefficient (Wildman–Crippen LogP) is 2.29. The van der Waals surface area contributed by atoms with Gasteiger partial charge in [0.2, 0.25) is 0 Å². The van der Waals surface area contributed by atoms with Crippen LogP contribution in [0, 0.1) is 0 Å². The number of nitrogens with two attached hydrogens (primary N) is 1. The molecule has 0 atom stereocenters. The van der Waals surface area contributed by atoms with Gasteiger partial charge in [-0.1, -0.05) is 6.07 Å². The zero-order valence-electron chi connectivity index (χ0n) is 15.6. The van der Waals surface area contributed by atoms with Gasteiger partial charge in [0.05, 0.1) is 18.4 Å². The fraction of sp³-hybridized carbons (Fsp3) is 0.238. The summed E-state index contributed by atoms with van der Waals surface area (Å²) in [6, 6.07) is 12.4. The first-order chi connectivity index (χ1) is 13.5. The van der Waals surface area contributed by atoms with Crippen LogP contribution in [0.25, 0.3) is 11.4 Å². The minimum atomic E-state index is -0.112. The molecule has 7 heteroatoms. The Kier molecular flexibility index (Phi) is 4.75. The second-order valence-electron chi connectivity index (χ2n) is 6.92. The number of hydrogen-bond acceptors (Lipinski definition) is 6. The summed E-state index contributed by atoms with van der Waals surface area (Å²) in [6.45, 7) is 1.93. The van der Waals surface area contributed by atoms with Crippen LogP contribution >= 0.6 is 0 Å². The summed E-state index contributed by atoms with van der Waals surface area (Å²) in [6.07, 6.45) is 0.696. The summed E-state index contributed by atoms with van der Waals surface area (Å²) < 4.78 is 5.36. The number of ether oxygens (including phenoxy) is 1. The number of methoxy groups -OCH3 is 1. The first-order valence-electron chi connectivity index (χ1n) is 9.09. The van der Waals surface area contributed by atoms with Gasteiger partial charge >= 0.3 is 0 Å². The number of aromatic amines is 1. The lowest BCUT2D eigenvalue weighted by atomic mass is 10.0.